The number of primary amides is 1. The third-order valence-electron chi connectivity index (χ3n) is 2.38. The van der Waals surface area contributed by atoms with Gasteiger partial charge in [-0.2, -0.15) is 13.2 Å². The van der Waals surface area contributed by atoms with Crippen LogP contribution in [0.25, 0.3) is 0 Å². The van der Waals surface area contributed by atoms with E-state index in [-0.39, 0.29) is 25.0 Å². The molecule has 3 nitrogen and oxygen atoms in total. The second-order valence-corrected chi connectivity index (χ2v) is 3.65. The fourth-order valence-electron chi connectivity index (χ4n) is 1.58. The molecule has 0 heterocycles. The van der Waals surface area contributed by atoms with Gasteiger partial charge in [0.2, 0.25) is 0 Å². The molecule has 0 saturated carbocycles. The number of hydrogen-bond acceptors (Lipinski definition) is 2. The van der Waals surface area contributed by atoms with E-state index in [1.54, 1.807) is 0 Å². The Morgan fingerprint density at radius 3 is 2.39 bits per heavy atom. The smallest absolute Gasteiger partial charge is 0.396 e. The molecular weight excluding hydrogens is 254 g/mol. The van der Waals surface area contributed by atoms with Crippen molar-refractivity contribution in [1.82, 2.24) is 0 Å². The molecule has 0 bridgehead atoms. The van der Waals surface area contributed by atoms with Gasteiger partial charge in [0.25, 0.3) is 5.91 Å². The van der Waals surface area contributed by atoms with Gasteiger partial charge >= 0.3 is 6.18 Å². The summed E-state index contributed by atoms with van der Waals surface area (Å²) in [5.41, 5.74) is 2.66. The molecule has 3 N–H and O–H groups in total. The first-order valence-corrected chi connectivity index (χ1v) is 5.08. The minimum absolute atomic E-state index is 0.0575. The number of aliphatic hydroxyl groups excluding tert-OH is 1. The summed E-state index contributed by atoms with van der Waals surface area (Å²) in [6, 6.07) is 1.57. The standard InChI is InChI=1S/C11H11F4NO2/c12-9-7(11(13,14)15)4-3-6(2-1-5-17)8(9)10(16)18/h3-4,17H,1-2,5H2,(H2,16,18). The maximum Gasteiger partial charge on any atom is 0.419 e. The van der Waals surface area contributed by atoms with Crippen molar-refractivity contribution in [3.05, 3.63) is 34.6 Å². The van der Waals surface area contributed by atoms with E-state index < -0.39 is 29.0 Å². The van der Waals surface area contributed by atoms with Crippen LogP contribution < -0.4 is 5.73 Å². The third-order valence-corrected chi connectivity index (χ3v) is 2.38. The highest BCUT2D eigenvalue weighted by molar-refractivity contribution is 5.95. The lowest BCUT2D eigenvalue weighted by atomic mass is 9.98. The first-order valence-electron chi connectivity index (χ1n) is 5.08. The number of carbonyl (C=O) groups is 1. The van der Waals surface area contributed by atoms with E-state index in [0.717, 1.165) is 6.07 Å². The zero-order valence-electron chi connectivity index (χ0n) is 9.22. The highest BCUT2D eigenvalue weighted by atomic mass is 19.4. The van der Waals surface area contributed by atoms with Gasteiger partial charge in [-0.25, -0.2) is 4.39 Å². The SMILES string of the molecule is NC(=O)c1c(CCCO)ccc(C(F)(F)F)c1F. The fraction of sp³-hybridized carbons (Fsp3) is 0.364. The van der Waals surface area contributed by atoms with Gasteiger partial charge in [0, 0.05) is 6.61 Å². The van der Waals surface area contributed by atoms with Crippen molar-refractivity contribution < 1.29 is 27.5 Å². The molecule has 0 aliphatic carbocycles. The molecule has 0 fully saturated rings. The molecule has 1 amide bonds. The lowest BCUT2D eigenvalue weighted by Gasteiger charge is -2.13. The van der Waals surface area contributed by atoms with E-state index in [0.29, 0.717) is 6.07 Å². The molecule has 0 aromatic heterocycles. The van der Waals surface area contributed by atoms with Crippen molar-refractivity contribution in [2.24, 2.45) is 5.73 Å². The van der Waals surface area contributed by atoms with Crippen LogP contribution in [0.15, 0.2) is 12.1 Å². The average molecular weight is 265 g/mol. The number of halogens is 4. The normalized spacial score (nSPS) is 11.6. The second kappa shape index (κ2) is 5.34. The summed E-state index contributed by atoms with van der Waals surface area (Å²) in [5, 5.41) is 8.62. The molecule has 18 heavy (non-hydrogen) atoms. The number of benzene rings is 1. The predicted molar refractivity (Wildman–Crippen MR) is 55.3 cm³/mol. The molecule has 0 aliphatic rings. The molecule has 0 spiro atoms. The number of aliphatic hydroxyl groups is 1. The highest BCUT2D eigenvalue weighted by Gasteiger charge is 2.36. The molecule has 7 heteroatoms. The van der Waals surface area contributed by atoms with Crippen LogP contribution in [0.1, 0.15) is 27.9 Å². The van der Waals surface area contributed by atoms with Crippen LogP contribution in [-0.2, 0) is 12.6 Å². The first kappa shape index (κ1) is 14.4. The molecule has 1 aromatic carbocycles. The quantitative estimate of drug-likeness (QED) is 0.816. The Hall–Kier alpha value is -1.63. The first-order chi connectivity index (χ1) is 8.29. The lowest BCUT2D eigenvalue weighted by Crippen LogP contribution is -2.20. The van der Waals surface area contributed by atoms with E-state index in [4.69, 9.17) is 10.8 Å². The summed E-state index contributed by atoms with van der Waals surface area (Å²) in [6.45, 7) is -0.221. The second-order valence-electron chi connectivity index (χ2n) is 3.65. The number of nitrogens with two attached hydrogens (primary N) is 1. The summed E-state index contributed by atoms with van der Waals surface area (Å²) in [6.07, 6.45) is -4.61. The summed E-state index contributed by atoms with van der Waals surface area (Å²) >= 11 is 0. The van der Waals surface area contributed by atoms with Crippen LogP contribution in [0.2, 0.25) is 0 Å². The van der Waals surface area contributed by atoms with Crippen molar-refractivity contribution in [3.8, 4) is 0 Å². The van der Waals surface area contributed by atoms with E-state index in [1.807, 2.05) is 0 Å². The Balaban J connectivity index is 3.33. The molecule has 0 unspecified atom stereocenters. The number of amides is 1. The van der Waals surface area contributed by atoms with Crippen molar-refractivity contribution in [1.29, 1.82) is 0 Å². The largest absolute Gasteiger partial charge is 0.419 e. The van der Waals surface area contributed by atoms with Gasteiger partial charge < -0.3 is 10.8 Å². The Morgan fingerprint density at radius 2 is 1.94 bits per heavy atom. The number of alkyl halides is 3. The number of aryl methyl sites for hydroxylation is 1. The molecule has 1 aromatic rings. The summed E-state index contributed by atoms with van der Waals surface area (Å²) in [7, 11) is 0. The highest BCUT2D eigenvalue weighted by Crippen LogP contribution is 2.33. The van der Waals surface area contributed by atoms with E-state index >= 15 is 0 Å². The van der Waals surface area contributed by atoms with E-state index in [9.17, 15) is 22.4 Å². The molecule has 0 radical (unpaired) electrons. The van der Waals surface area contributed by atoms with Gasteiger partial charge in [-0.3, -0.25) is 4.79 Å². The lowest BCUT2D eigenvalue weighted by molar-refractivity contribution is -0.140. The Labute approximate surface area is 100 Å². The Bertz CT molecular complexity index is 457. The fourth-order valence-corrected chi connectivity index (χ4v) is 1.58. The van der Waals surface area contributed by atoms with Gasteiger partial charge in [-0.05, 0) is 24.5 Å². The summed E-state index contributed by atoms with van der Waals surface area (Å²) < 4.78 is 51.0. The molecule has 0 aliphatic heterocycles. The number of rotatable bonds is 4. The van der Waals surface area contributed by atoms with Crippen LogP contribution >= 0.6 is 0 Å². The Morgan fingerprint density at radius 1 is 1.33 bits per heavy atom. The maximum atomic E-state index is 13.6. The Kier molecular flexibility index (Phi) is 4.28. The van der Waals surface area contributed by atoms with Gasteiger partial charge in [0.15, 0.2) is 0 Å². The van der Waals surface area contributed by atoms with Crippen molar-refractivity contribution in [2.75, 3.05) is 6.61 Å². The number of hydrogen-bond donors (Lipinski definition) is 2. The van der Waals surface area contributed by atoms with Crippen molar-refractivity contribution >= 4 is 5.91 Å². The van der Waals surface area contributed by atoms with Gasteiger partial charge in [0.1, 0.15) is 5.82 Å². The van der Waals surface area contributed by atoms with Crippen LogP contribution in [0.3, 0.4) is 0 Å². The van der Waals surface area contributed by atoms with Crippen molar-refractivity contribution in [3.63, 3.8) is 0 Å². The van der Waals surface area contributed by atoms with Gasteiger partial charge in [-0.15, -0.1) is 0 Å². The monoisotopic (exact) mass is 265 g/mol. The number of carbonyl (C=O) groups excluding carboxylic acids is 1. The van der Waals surface area contributed by atoms with Crippen LogP contribution in [0, 0.1) is 5.82 Å². The summed E-state index contributed by atoms with van der Waals surface area (Å²) in [4.78, 5) is 11.0. The van der Waals surface area contributed by atoms with Crippen LogP contribution in [-0.4, -0.2) is 17.6 Å². The molecule has 100 valence electrons. The third kappa shape index (κ3) is 2.98. The average Bonchev–Trinajstić information content (AvgIpc) is 2.23. The van der Waals surface area contributed by atoms with E-state index in [2.05, 4.69) is 0 Å². The van der Waals surface area contributed by atoms with Crippen LogP contribution in [0.5, 0.6) is 0 Å². The van der Waals surface area contributed by atoms with Crippen molar-refractivity contribution in [2.45, 2.75) is 19.0 Å². The van der Waals surface area contributed by atoms with E-state index in [1.165, 1.54) is 0 Å². The molecule has 1 rings (SSSR count). The zero-order chi connectivity index (χ0) is 13.9. The minimum Gasteiger partial charge on any atom is -0.396 e. The maximum absolute atomic E-state index is 13.6. The molecule has 0 saturated heterocycles. The van der Waals surface area contributed by atoms with Crippen LogP contribution in [0.4, 0.5) is 17.6 Å². The van der Waals surface area contributed by atoms with Gasteiger partial charge in [0.05, 0.1) is 11.1 Å². The zero-order valence-corrected chi connectivity index (χ0v) is 9.22. The van der Waals surface area contributed by atoms with Gasteiger partial charge in [-0.1, -0.05) is 6.07 Å². The molecule has 0 atom stereocenters. The topological polar surface area (TPSA) is 63.3 Å². The predicted octanol–water partition coefficient (Wildman–Crippen LogP) is 1.87. The molecular formula is C11H11F4NO2. The minimum atomic E-state index is -4.89. The summed E-state index contributed by atoms with van der Waals surface area (Å²) in [5.74, 6) is -2.92.